The minimum atomic E-state index is 0.0551. The Kier molecular flexibility index (Phi) is 4.15. The molecule has 0 bridgehead atoms. The average Bonchev–Trinajstić information content (AvgIpc) is 2.94. The molecule has 0 saturated carbocycles. The molecule has 1 amide bonds. The summed E-state index contributed by atoms with van der Waals surface area (Å²) in [5.41, 5.74) is 2.77. The molecule has 2 saturated heterocycles. The van der Waals surface area contributed by atoms with Crippen LogP contribution in [-0.4, -0.2) is 43.0 Å². The number of hydrogen-bond acceptors (Lipinski definition) is 3. The number of rotatable bonds is 3. The Morgan fingerprint density at radius 1 is 1.29 bits per heavy atom. The summed E-state index contributed by atoms with van der Waals surface area (Å²) in [5.74, 6) is 0.0551. The number of piperidine rings is 1. The van der Waals surface area contributed by atoms with Crippen molar-refractivity contribution in [3.05, 3.63) is 29.3 Å². The van der Waals surface area contributed by atoms with E-state index in [1.165, 1.54) is 19.4 Å². The molecule has 0 spiro atoms. The minimum Gasteiger partial charge on any atom is -0.387 e. The van der Waals surface area contributed by atoms with Crippen LogP contribution in [0.25, 0.3) is 0 Å². The number of anilines is 1. The van der Waals surface area contributed by atoms with E-state index < -0.39 is 0 Å². The number of aryl methyl sites for hydroxylation is 1. The largest absolute Gasteiger partial charge is 0.387 e. The first-order valence-electron chi connectivity index (χ1n) is 8.00. The van der Waals surface area contributed by atoms with Crippen LogP contribution in [0.5, 0.6) is 0 Å². The number of carbonyl (C=O) groups is 1. The third kappa shape index (κ3) is 3.05. The summed E-state index contributed by atoms with van der Waals surface area (Å²) in [7, 11) is 1.86. The highest BCUT2D eigenvalue weighted by Gasteiger charge is 2.32. The van der Waals surface area contributed by atoms with E-state index >= 15 is 0 Å². The van der Waals surface area contributed by atoms with Crippen LogP contribution in [-0.2, 0) is 0 Å². The van der Waals surface area contributed by atoms with Gasteiger partial charge in [0.05, 0.1) is 5.56 Å². The van der Waals surface area contributed by atoms with Gasteiger partial charge in [-0.2, -0.15) is 0 Å². The van der Waals surface area contributed by atoms with Gasteiger partial charge in [-0.25, -0.2) is 0 Å². The van der Waals surface area contributed by atoms with E-state index in [-0.39, 0.29) is 5.91 Å². The summed E-state index contributed by atoms with van der Waals surface area (Å²) in [6.45, 7) is 4.39. The van der Waals surface area contributed by atoms with Crippen LogP contribution in [0.3, 0.4) is 0 Å². The summed E-state index contributed by atoms with van der Waals surface area (Å²) in [6.07, 6.45) is 4.78. The van der Waals surface area contributed by atoms with Crippen molar-refractivity contribution in [1.82, 2.24) is 10.2 Å². The molecule has 114 valence electrons. The predicted molar refractivity (Wildman–Crippen MR) is 85.8 cm³/mol. The highest BCUT2D eigenvalue weighted by atomic mass is 16.1. The molecule has 2 atom stereocenters. The van der Waals surface area contributed by atoms with Gasteiger partial charge in [-0.1, -0.05) is 11.6 Å². The zero-order chi connectivity index (χ0) is 14.8. The zero-order valence-corrected chi connectivity index (χ0v) is 13.0. The van der Waals surface area contributed by atoms with Crippen molar-refractivity contribution >= 4 is 11.6 Å². The van der Waals surface area contributed by atoms with Crippen LogP contribution in [0.4, 0.5) is 5.69 Å². The van der Waals surface area contributed by atoms with Gasteiger partial charge in [0.1, 0.15) is 0 Å². The van der Waals surface area contributed by atoms with E-state index in [1.807, 2.05) is 32.2 Å². The Morgan fingerprint density at radius 3 is 2.95 bits per heavy atom. The lowest BCUT2D eigenvalue weighted by molar-refractivity contribution is 0.0897. The molecule has 3 rings (SSSR count). The van der Waals surface area contributed by atoms with Gasteiger partial charge < -0.3 is 15.5 Å². The zero-order valence-electron chi connectivity index (χ0n) is 13.0. The predicted octanol–water partition coefficient (Wildman–Crippen LogP) is 2.39. The van der Waals surface area contributed by atoms with Crippen molar-refractivity contribution in [1.29, 1.82) is 0 Å². The summed E-state index contributed by atoms with van der Waals surface area (Å²) in [6, 6.07) is 6.97. The van der Waals surface area contributed by atoms with Crippen molar-refractivity contribution < 1.29 is 4.79 Å². The van der Waals surface area contributed by atoms with Crippen molar-refractivity contribution in [3.63, 3.8) is 0 Å². The highest BCUT2D eigenvalue weighted by Crippen LogP contribution is 2.27. The lowest BCUT2D eigenvalue weighted by atomic mass is 9.97. The van der Waals surface area contributed by atoms with Crippen LogP contribution in [0.15, 0.2) is 18.2 Å². The molecule has 2 unspecified atom stereocenters. The van der Waals surface area contributed by atoms with Crippen LogP contribution in [0.2, 0.25) is 0 Å². The first-order valence-corrected chi connectivity index (χ1v) is 8.00. The summed E-state index contributed by atoms with van der Waals surface area (Å²) < 4.78 is 0. The molecule has 4 nitrogen and oxygen atoms in total. The Labute approximate surface area is 126 Å². The molecule has 2 aliphatic heterocycles. The molecule has 2 N–H and O–H groups in total. The maximum atomic E-state index is 12.6. The molecule has 2 aliphatic rings. The molecule has 2 heterocycles. The molecular weight excluding hydrogens is 262 g/mol. The quantitative estimate of drug-likeness (QED) is 0.897. The van der Waals surface area contributed by atoms with Gasteiger partial charge in [0.25, 0.3) is 5.91 Å². The summed E-state index contributed by atoms with van der Waals surface area (Å²) >= 11 is 0. The molecule has 0 aromatic heterocycles. The Balaban J connectivity index is 1.67. The first kappa shape index (κ1) is 14.4. The molecular formula is C17H25N3O. The van der Waals surface area contributed by atoms with Crippen molar-refractivity contribution in [2.45, 2.75) is 44.7 Å². The van der Waals surface area contributed by atoms with Crippen molar-refractivity contribution in [2.24, 2.45) is 0 Å². The second-order valence-electron chi connectivity index (χ2n) is 6.33. The van der Waals surface area contributed by atoms with Crippen LogP contribution in [0.1, 0.15) is 41.6 Å². The van der Waals surface area contributed by atoms with E-state index in [4.69, 9.17) is 0 Å². The maximum Gasteiger partial charge on any atom is 0.253 e. The standard InChI is InChI=1S/C17H25N3O/c1-12-5-6-16(18-2)15(10-12)17(21)19-13-7-9-20-8-3-4-14(20)11-13/h5-6,10,13-14,18H,3-4,7-9,11H2,1-2H3,(H,19,21). The fourth-order valence-electron chi connectivity index (χ4n) is 3.68. The lowest BCUT2D eigenvalue weighted by Crippen LogP contribution is -2.47. The number of fused-ring (bicyclic) bond motifs is 1. The van der Waals surface area contributed by atoms with Gasteiger partial charge in [0.2, 0.25) is 0 Å². The van der Waals surface area contributed by atoms with Crippen molar-refractivity contribution in [2.75, 3.05) is 25.5 Å². The fourth-order valence-corrected chi connectivity index (χ4v) is 3.68. The smallest absolute Gasteiger partial charge is 0.253 e. The van der Waals surface area contributed by atoms with E-state index in [2.05, 4.69) is 15.5 Å². The van der Waals surface area contributed by atoms with E-state index in [0.29, 0.717) is 12.1 Å². The van der Waals surface area contributed by atoms with Gasteiger partial charge in [-0.05, 0) is 51.3 Å². The molecule has 0 radical (unpaired) electrons. The van der Waals surface area contributed by atoms with Gasteiger partial charge in [0.15, 0.2) is 0 Å². The summed E-state index contributed by atoms with van der Waals surface area (Å²) in [5, 5.41) is 6.35. The van der Waals surface area contributed by atoms with Crippen molar-refractivity contribution in [3.8, 4) is 0 Å². The van der Waals surface area contributed by atoms with E-state index in [1.54, 1.807) is 0 Å². The maximum absolute atomic E-state index is 12.6. The second kappa shape index (κ2) is 6.06. The number of amides is 1. The SMILES string of the molecule is CNc1ccc(C)cc1C(=O)NC1CCN2CCCC2C1. The molecule has 1 aromatic carbocycles. The number of hydrogen-bond donors (Lipinski definition) is 2. The normalized spacial score (nSPS) is 25.4. The first-order chi connectivity index (χ1) is 10.2. The van der Waals surface area contributed by atoms with Crippen LogP contribution in [0, 0.1) is 6.92 Å². The Bertz CT molecular complexity index is 529. The van der Waals surface area contributed by atoms with Crippen LogP contribution < -0.4 is 10.6 Å². The number of benzene rings is 1. The Morgan fingerprint density at radius 2 is 2.14 bits per heavy atom. The molecule has 4 heteroatoms. The van der Waals surface area contributed by atoms with Gasteiger partial charge in [-0.15, -0.1) is 0 Å². The second-order valence-corrected chi connectivity index (χ2v) is 6.33. The third-order valence-electron chi connectivity index (χ3n) is 4.84. The topological polar surface area (TPSA) is 44.4 Å². The molecule has 21 heavy (non-hydrogen) atoms. The van der Waals surface area contributed by atoms with E-state index in [9.17, 15) is 4.79 Å². The number of nitrogens with zero attached hydrogens (tertiary/aromatic N) is 1. The molecule has 2 fully saturated rings. The Hall–Kier alpha value is -1.55. The third-order valence-corrected chi connectivity index (χ3v) is 4.84. The van der Waals surface area contributed by atoms with Gasteiger partial charge >= 0.3 is 0 Å². The number of nitrogens with one attached hydrogen (secondary N) is 2. The molecule has 0 aliphatic carbocycles. The number of carbonyl (C=O) groups excluding carboxylic acids is 1. The van der Waals surface area contributed by atoms with E-state index in [0.717, 1.165) is 36.2 Å². The summed E-state index contributed by atoms with van der Waals surface area (Å²) in [4.78, 5) is 15.1. The minimum absolute atomic E-state index is 0.0551. The average molecular weight is 287 g/mol. The lowest BCUT2D eigenvalue weighted by Gasteiger charge is -2.35. The van der Waals surface area contributed by atoms with Gasteiger partial charge in [-0.3, -0.25) is 4.79 Å². The highest BCUT2D eigenvalue weighted by molar-refractivity contribution is 6.00. The molecule has 1 aromatic rings. The van der Waals surface area contributed by atoms with Gasteiger partial charge in [0, 0.05) is 31.4 Å². The van der Waals surface area contributed by atoms with Crippen LogP contribution >= 0.6 is 0 Å². The monoisotopic (exact) mass is 287 g/mol. The fraction of sp³-hybridized carbons (Fsp3) is 0.588.